The Kier molecular flexibility index (Phi) is 8.24. The Morgan fingerprint density at radius 1 is 1.10 bits per heavy atom. The molecule has 20 heavy (non-hydrogen) atoms. The predicted octanol–water partition coefficient (Wildman–Crippen LogP) is 1.73. The number of hydrogen-bond donors (Lipinski definition) is 0. The van der Waals surface area contributed by atoms with Gasteiger partial charge in [-0.15, -0.1) is 0 Å². The molecular formula is C15H24NO4+. The first-order chi connectivity index (χ1) is 9.26. The number of benzene rings is 1. The zero-order chi connectivity index (χ0) is 15.6. The molecule has 0 fully saturated rings. The van der Waals surface area contributed by atoms with E-state index >= 15 is 0 Å². The van der Waals surface area contributed by atoms with E-state index in [1.54, 1.807) is 12.1 Å². The quantitative estimate of drug-likeness (QED) is 0.623. The van der Waals surface area contributed by atoms with Crippen LogP contribution in [-0.4, -0.2) is 57.8 Å². The smallest absolute Gasteiger partial charge is 0.338 e. The first-order valence-corrected chi connectivity index (χ1v) is 6.33. The minimum absolute atomic E-state index is 0.245. The topological polar surface area (TPSA) is 52.6 Å². The molecule has 0 heterocycles. The van der Waals surface area contributed by atoms with Crippen molar-refractivity contribution in [3.63, 3.8) is 0 Å². The molecule has 0 saturated heterocycles. The maximum Gasteiger partial charge on any atom is 0.338 e. The van der Waals surface area contributed by atoms with Crippen molar-refractivity contribution in [2.75, 3.05) is 41.4 Å². The summed E-state index contributed by atoms with van der Waals surface area (Å²) >= 11 is 0. The summed E-state index contributed by atoms with van der Waals surface area (Å²) in [4.78, 5) is 21.1. The third-order valence-corrected chi connectivity index (χ3v) is 2.29. The van der Waals surface area contributed by atoms with Gasteiger partial charge in [0.15, 0.2) is 0 Å². The molecule has 112 valence electrons. The lowest BCUT2D eigenvalue weighted by Gasteiger charge is -2.23. The summed E-state index contributed by atoms with van der Waals surface area (Å²) in [5.41, 5.74) is 0.610. The second-order valence-corrected chi connectivity index (χ2v) is 5.21. The average Bonchev–Trinajstić information content (AvgIpc) is 2.39. The Bertz CT molecular complexity index is 410. The molecule has 0 N–H and O–H groups in total. The fourth-order valence-corrected chi connectivity index (χ4v) is 1.07. The summed E-state index contributed by atoms with van der Waals surface area (Å²) in [6.07, 6.45) is 0. The number of methoxy groups -OCH3 is 1. The van der Waals surface area contributed by atoms with Gasteiger partial charge in [-0.25, -0.2) is 4.79 Å². The molecule has 1 aromatic rings. The van der Waals surface area contributed by atoms with E-state index in [4.69, 9.17) is 4.74 Å². The lowest BCUT2D eigenvalue weighted by atomic mass is 10.2. The van der Waals surface area contributed by atoms with Crippen LogP contribution >= 0.6 is 0 Å². The maximum absolute atomic E-state index is 11.5. The Hall–Kier alpha value is -1.88. The molecule has 5 heteroatoms. The number of rotatable bonds is 4. The van der Waals surface area contributed by atoms with Gasteiger partial charge in [-0.2, -0.15) is 0 Å². The van der Waals surface area contributed by atoms with Gasteiger partial charge in [0.2, 0.25) is 0 Å². The molecule has 0 aliphatic carbocycles. The first-order valence-electron chi connectivity index (χ1n) is 6.33. The minimum atomic E-state index is -0.246. The van der Waals surface area contributed by atoms with Crippen LogP contribution < -0.4 is 0 Å². The van der Waals surface area contributed by atoms with Crippen molar-refractivity contribution < 1.29 is 23.5 Å². The Labute approximate surface area is 120 Å². The Morgan fingerprint density at radius 3 is 2.00 bits per heavy atom. The summed E-state index contributed by atoms with van der Waals surface area (Å²) in [5, 5.41) is 0. The zero-order valence-electron chi connectivity index (χ0n) is 12.9. The highest BCUT2D eigenvalue weighted by atomic mass is 16.5. The standard InChI is InChI=1S/C12H18NO2.C3H6O2/c1-13(2,3)9-10-15-12(14)11-7-5-4-6-8-11;1-3(4)5-2/h4-8H,9-10H2,1-3H3;1-2H3/q+1;. The van der Waals surface area contributed by atoms with Gasteiger partial charge in [-0.3, -0.25) is 4.79 Å². The SMILES string of the molecule is COC(C)=O.C[N+](C)(C)CCOC(=O)c1ccccc1. The summed E-state index contributed by atoms with van der Waals surface area (Å²) in [6.45, 7) is 2.63. The van der Waals surface area contributed by atoms with Gasteiger partial charge < -0.3 is 14.0 Å². The molecule has 0 saturated carbocycles. The lowest BCUT2D eigenvalue weighted by molar-refractivity contribution is -0.870. The van der Waals surface area contributed by atoms with Crippen molar-refractivity contribution >= 4 is 11.9 Å². The van der Waals surface area contributed by atoms with Gasteiger partial charge in [0.1, 0.15) is 13.2 Å². The second-order valence-electron chi connectivity index (χ2n) is 5.21. The molecule has 5 nitrogen and oxygen atoms in total. The molecule has 0 aliphatic heterocycles. The summed E-state index contributed by atoms with van der Waals surface area (Å²) in [6, 6.07) is 9.05. The third-order valence-electron chi connectivity index (χ3n) is 2.29. The van der Waals surface area contributed by atoms with Crippen LogP contribution in [0.1, 0.15) is 17.3 Å². The largest absolute Gasteiger partial charge is 0.469 e. The average molecular weight is 282 g/mol. The minimum Gasteiger partial charge on any atom is -0.469 e. The lowest BCUT2D eigenvalue weighted by Crippen LogP contribution is -2.38. The highest BCUT2D eigenvalue weighted by Gasteiger charge is 2.10. The fourth-order valence-electron chi connectivity index (χ4n) is 1.07. The number of quaternary nitrogens is 1. The third kappa shape index (κ3) is 10.1. The van der Waals surface area contributed by atoms with Gasteiger partial charge in [0, 0.05) is 6.92 Å². The van der Waals surface area contributed by atoms with E-state index in [1.807, 2.05) is 18.2 Å². The summed E-state index contributed by atoms with van der Waals surface area (Å²) in [7, 11) is 7.55. The van der Waals surface area contributed by atoms with Crippen molar-refractivity contribution in [1.82, 2.24) is 0 Å². The highest BCUT2D eigenvalue weighted by molar-refractivity contribution is 5.89. The van der Waals surface area contributed by atoms with E-state index in [1.165, 1.54) is 14.0 Å². The van der Waals surface area contributed by atoms with Crippen LogP contribution in [0.3, 0.4) is 0 Å². The van der Waals surface area contributed by atoms with Gasteiger partial charge in [0.05, 0.1) is 33.8 Å². The Morgan fingerprint density at radius 2 is 1.60 bits per heavy atom. The van der Waals surface area contributed by atoms with E-state index in [9.17, 15) is 9.59 Å². The number of nitrogens with zero attached hydrogens (tertiary/aromatic N) is 1. The Balaban J connectivity index is 0.000000621. The van der Waals surface area contributed by atoms with Crippen LogP contribution in [-0.2, 0) is 14.3 Å². The van der Waals surface area contributed by atoms with Gasteiger partial charge in [0.25, 0.3) is 0 Å². The van der Waals surface area contributed by atoms with Crippen LogP contribution in [0.15, 0.2) is 30.3 Å². The molecule has 0 unspecified atom stereocenters. The monoisotopic (exact) mass is 282 g/mol. The van der Waals surface area contributed by atoms with Crippen molar-refractivity contribution in [1.29, 1.82) is 0 Å². The zero-order valence-corrected chi connectivity index (χ0v) is 12.9. The molecular weight excluding hydrogens is 258 g/mol. The molecule has 0 radical (unpaired) electrons. The van der Waals surface area contributed by atoms with Crippen molar-refractivity contribution in [2.45, 2.75) is 6.92 Å². The molecule has 0 spiro atoms. The summed E-state index contributed by atoms with van der Waals surface area (Å²) < 4.78 is 10.1. The number of carbonyl (C=O) groups is 2. The summed E-state index contributed by atoms with van der Waals surface area (Å²) in [5.74, 6) is -0.492. The molecule has 1 aromatic carbocycles. The number of carbonyl (C=O) groups excluding carboxylic acids is 2. The number of ether oxygens (including phenoxy) is 2. The normalized spacial score (nSPS) is 10.1. The van der Waals surface area contributed by atoms with Crippen LogP contribution in [0.2, 0.25) is 0 Å². The fraction of sp³-hybridized carbons (Fsp3) is 0.467. The van der Waals surface area contributed by atoms with Crippen LogP contribution in [0, 0.1) is 0 Å². The van der Waals surface area contributed by atoms with Gasteiger partial charge in [-0.1, -0.05) is 18.2 Å². The van der Waals surface area contributed by atoms with Crippen LogP contribution in [0.25, 0.3) is 0 Å². The van der Waals surface area contributed by atoms with Crippen molar-refractivity contribution in [3.05, 3.63) is 35.9 Å². The number of esters is 2. The first kappa shape index (κ1) is 18.1. The highest BCUT2D eigenvalue weighted by Crippen LogP contribution is 2.01. The number of likely N-dealkylation sites (N-methyl/N-ethyl adjacent to an activating group) is 1. The van der Waals surface area contributed by atoms with E-state index < -0.39 is 0 Å². The number of hydrogen-bond acceptors (Lipinski definition) is 4. The van der Waals surface area contributed by atoms with Crippen LogP contribution in [0.4, 0.5) is 0 Å². The van der Waals surface area contributed by atoms with Gasteiger partial charge >= 0.3 is 11.9 Å². The van der Waals surface area contributed by atoms with E-state index in [-0.39, 0.29) is 11.9 Å². The molecule has 0 bridgehead atoms. The van der Waals surface area contributed by atoms with Crippen molar-refractivity contribution in [2.24, 2.45) is 0 Å². The van der Waals surface area contributed by atoms with E-state index in [0.29, 0.717) is 12.2 Å². The van der Waals surface area contributed by atoms with E-state index in [0.717, 1.165) is 11.0 Å². The molecule has 0 aliphatic rings. The molecule has 0 atom stereocenters. The van der Waals surface area contributed by atoms with Crippen LogP contribution in [0.5, 0.6) is 0 Å². The molecule has 0 amide bonds. The molecule has 1 rings (SSSR count). The maximum atomic E-state index is 11.5. The van der Waals surface area contributed by atoms with E-state index in [2.05, 4.69) is 25.9 Å². The predicted molar refractivity (Wildman–Crippen MR) is 77.3 cm³/mol. The van der Waals surface area contributed by atoms with Crippen molar-refractivity contribution in [3.8, 4) is 0 Å². The second kappa shape index (κ2) is 9.09. The molecule has 0 aromatic heterocycles. The van der Waals surface area contributed by atoms with Gasteiger partial charge in [-0.05, 0) is 12.1 Å².